The van der Waals surface area contributed by atoms with Gasteiger partial charge < -0.3 is 17.0 Å². The molecule has 8 heteroatoms. The van der Waals surface area contributed by atoms with E-state index in [9.17, 15) is 15.4 Å². The first-order valence-electron chi connectivity index (χ1n) is 11.6. The Hall–Kier alpha value is -1.48. The molecule has 0 spiro atoms. The van der Waals surface area contributed by atoms with Crippen LogP contribution in [0.2, 0.25) is 0 Å². The van der Waals surface area contributed by atoms with Crippen molar-refractivity contribution in [1.82, 2.24) is 4.98 Å². The summed E-state index contributed by atoms with van der Waals surface area (Å²) in [5.41, 5.74) is 1.83. The minimum atomic E-state index is -1.11. The summed E-state index contributed by atoms with van der Waals surface area (Å²) in [6, 6.07) is 10.7. The highest BCUT2D eigenvalue weighted by Crippen LogP contribution is 2.63. The maximum absolute atomic E-state index is 10.9. The fraction of sp³-hybridized carbons (Fsp3) is 0.520. The van der Waals surface area contributed by atoms with Crippen LogP contribution < -0.4 is 17.0 Å². The summed E-state index contributed by atoms with van der Waals surface area (Å²) < 4.78 is 0. The summed E-state index contributed by atoms with van der Waals surface area (Å²) in [6.07, 6.45) is 14.6. The van der Waals surface area contributed by atoms with Crippen LogP contribution >= 0.6 is 19.0 Å². The third-order valence-electron chi connectivity index (χ3n) is 5.77. The van der Waals surface area contributed by atoms with Crippen LogP contribution in [0.25, 0.3) is 0 Å². The number of nitro benzene ring substituents is 1. The second-order valence-corrected chi connectivity index (χ2v) is 13.8. The van der Waals surface area contributed by atoms with Gasteiger partial charge in [0, 0.05) is 36.1 Å². The third-order valence-corrected chi connectivity index (χ3v) is 11.6. The number of hydrogen-bond acceptors (Lipinski definition) is 5. The molecule has 0 atom stereocenters. The number of halogens is 1. The van der Waals surface area contributed by atoms with Gasteiger partial charge in [-0.05, 0) is 37.5 Å². The topological polar surface area (TPSA) is 79.8 Å². The van der Waals surface area contributed by atoms with Gasteiger partial charge >= 0.3 is 0 Å². The summed E-state index contributed by atoms with van der Waals surface area (Å²) in [7, 11) is -1.11. The Labute approximate surface area is 214 Å². The second kappa shape index (κ2) is 15.4. The van der Waals surface area contributed by atoms with Gasteiger partial charge in [-0.1, -0.05) is 51.8 Å². The molecule has 0 bridgehead atoms. The maximum atomic E-state index is 10.9. The van der Waals surface area contributed by atoms with E-state index in [4.69, 9.17) is 0 Å². The van der Waals surface area contributed by atoms with E-state index in [1.807, 2.05) is 12.3 Å². The van der Waals surface area contributed by atoms with Gasteiger partial charge in [0.2, 0.25) is 0 Å². The van der Waals surface area contributed by atoms with Crippen LogP contribution in [-0.4, -0.2) is 28.4 Å². The smallest absolute Gasteiger partial charge is 0.269 e. The molecule has 2 rings (SSSR count). The zero-order chi connectivity index (χ0) is 23.4. The van der Waals surface area contributed by atoms with Crippen molar-refractivity contribution in [3.63, 3.8) is 0 Å². The molecule has 180 valence electrons. The van der Waals surface area contributed by atoms with E-state index in [2.05, 4.69) is 31.8 Å². The van der Waals surface area contributed by atoms with Crippen LogP contribution in [0, 0.1) is 21.4 Å². The molecule has 1 aromatic carbocycles. The lowest BCUT2D eigenvalue weighted by Gasteiger charge is -2.28. The number of benzene rings is 1. The van der Waals surface area contributed by atoms with Gasteiger partial charge in [-0.2, -0.15) is 5.26 Å². The van der Waals surface area contributed by atoms with E-state index in [1.165, 1.54) is 86.5 Å². The Morgan fingerprint density at radius 3 is 2.03 bits per heavy atom. The highest BCUT2D eigenvalue weighted by atomic mass is 79.9. The van der Waals surface area contributed by atoms with Gasteiger partial charge in [0.05, 0.1) is 35.1 Å². The summed E-state index contributed by atoms with van der Waals surface area (Å²) >= 11 is 1.38. The van der Waals surface area contributed by atoms with Crippen LogP contribution in [0.4, 0.5) is 5.69 Å². The standard InChI is InChI=1S/C25H35N3O2PS.BrH/c1-4-7-14-31(15-8-5-2,16-9-6-3)20-21-17-22(18-26)25(27-19-21)32-24-12-10-23(11-13-24)28(29)30;/h10-13,17,19H,4-9,14-16,20H2,1-3H3;1H/q+1;/p-1. The molecular formula is C25H35BrN3O2PS. The van der Waals surface area contributed by atoms with E-state index in [1.54, 1.807) is 12.1 Å². The lowest BCUT2D eigenvalue weighted by atomic mass is 10.2. The van der Waals surface area contributed by atoms with E-state index in [-0.39, 0.29) is 22.7 Å². The summed E-state index contributed by atoms with van der Waals surface area (Å²) in [4.78, 5) is 15.9. The van der Waals surface area contributed by atoms with Crippen molar-refractivity contribution < 1.29 is 21.9 Å². The molecule has 0 radical (unpaired) electrons. The first kappa shape index (κ1) is 29.6. The number of nitro groups is 1. The zero-order valence-electron chi connectivity index (χ0n) is 19.9. The largest absolute Gasteiger partial charge is 1.00 e. The maximum Gasteiger partial charge on any atom is 0.269 e. The number of aromatic nitrogens is 1. The fourth-order valence-corrected chi connectivity index (χ4v) is 9.80. The minimum absolute atomic E-state index is 0. The molecule has 1 aromatic heterocycles. The van der Waals surface area contributed by atoms with E-state index < -0.39 is 12.2 Å². The van der Waals surface area contributed by atoms with Crippen molar-refractivity contribution in [2.24, 2.45) is 0 Å². The van der Waals surface area contributed by atoms with Crippen molar-refractivity contribution in [3.05, 3.63) is 57.8 Å². The molecule has 5 nitrogen and oxygen atoms in total. The fourth-order valence-electron chi connectivity index (χ4n) is 3.93. The van der Waals surface area contributed by atoms with Crippen molar-refractivity contribution >= 4 is 24.7 Å². The average Bonchev–Trinajstić information content (AvgIpc) is 2.81. The van der Waals surface area contributed by atoms with Gasteiger partial charge in [-0.3, -0.25) is 10.1 Å². The van der Waals surface area contributed by atoms with Crippen LogP contribution in [0.3, 0.4) is 0 Å². The van der Waals surface area contributed by atoms with Gasteiger partial charge in [0.1, 0.15) is 11.1 Å². The number of pyridine rings is 1. The Bertz CT molecular complexity index is 897. The lowest BCUT2D eigenvalue weighted by molar-refractivity contribution is -0.384. The lowest BCUT2D eigenvalue weighted by Crippen LogP contribution is -3.00. The van der Waals surface area contributed by atoms with Crippen LogP contribution in [-0.2, 0) is 6.16 Å². The average molecular weight is 553 g/mol. The molecule has 0 N–H and O–H groups in total. The predicted octanol–water partition coefficient (Wildman–Crippen LogP) is 4.93. The number of nitrogens with zero attached hydrogens (tertiary/aromatic N) is 3. The summed E-state index contributed by atoms with van der Waals surface area (Å²) in [6.45, 7) is 6.82. The monoisotopic (exact) mass is 551 g/mol. The molecule has 0 unspecified atom stereocenters. The minimum Gasteiger partial charge on any atom is -1.00 e. The third kappa shape index (κ3) is 9.35. The molecule has 0 fully saturated rings. The molecule has 33 heavy (non-hydrogen) atoms. The van der Waals surface area contributed by atoms with Crippen LogP contribution in [0.5, 0.6) is 0 Å². The van der Waals surface area contributed by atoms with Gasteiger partial charge in [0.25, 0.3) is 5.69 Å². The Kier molecular flexibility index (Phi) is 13.8. The van der Waals surface area contributed by atoms with E-state index >= 15 is 0 Å². The van der Waals surface area contributed by atoms with Crippen LogP contribution in [0.15, 0.2) is 46.5 Å². The Morgan fingerprint density at radius 2 is 1.58 bits per heavy atom. The SMILES string of the molecule is CCCC[P+](CCCC)(CCCC)Cc1cnc(Sc2ccc([N+](=O)[O-])cc2)c(C#N)c1.[Br-]. The molecule has 0 aliphatic rings. The summed E-state index contributed by atoms with van der Waals surface area (Å²) in [5, 5.41) is 21.3. The van der Waals surface area contributed by atoms with Crippen molar-refractivity contribution in [1.29, 1.82) is 5.26 Å². The van der Waals surface area contributed by atoms with Gasteiger partial charge in [-0.15, -0.1) is 0 Å². The number of non-ortho nitro benzene ring substituents is 1. The highest BCUT2D eigenvalue weighted by Gasteiger charge is 2.36. The predicted molar refractivity (Wildman–Crippen MR) is 136 cm³/mol. The summed E-state index contributed by atoms with van der Waals surface area (Å²) in [5.74, 6) is 0. The Balaban J connectivity index is 0.00000544. The molecule has 0 amide bonds. The van der Waals surface area contributed by atoms with Crippen molar-refractivity contribution in [2.45, 2.75) is 75.4 Å². The Morgan fingerprint density at radius 1 is 1.03 bits per heavy atom. The first-order chi connectivity index (χ1) is 15.5. The molecule has 0 saturated carbocycles. The van der Waals surface area contributed by atoms with Crippen molar-refractivity contribution in [3.8, 4) is 6.07 Å². The first-order valence-corrected chi connectivity index (χ1v) is 15.0. The molecule has 2 aromatic rings. The highest BCUT2D eigenvalue weighted by molar-refractivity contribution is 7.99. The van der Waals surface area contributed by atoms with Crippen LogP contribution in [0.1, 0.15) is 70.4 Å². The number of hydrogen-bond donors (Lipinski definition) is 0. The molecular weight excluding hydrogens is 517 g/mol. The zero-order valence-corrected chi connectivity index (χ0v) is 23.2. The molecule has 0 aliphatic heterocycles. The quantitative estimate of drug-likeness (QED) is 0.189. The molecule has 0 aliphatic carbocycles. The van der Waals surface area contributed by atoms with Gasteiger partial charge in [-0.25, -0.2) is 4.98 Å². The van der Waals surface area contributed by atoms with Crippen molar-refractivity contribution in [2.75, 3.05) is 18.5 Å². The number of unbranched alkanes of at least 4 members (excludes halogenated alkanes) is 3. The molecule has 1 heterocycles. The molecule has 0 saturated heterocycles. The van der Waals surface area contributed by atoms with E-state index in [0.29, 0.717) is 10.6 Å². The van der Waals surface area contributed by atoms with Gasteiger partial charge in [0.15, 0.2) is 0 Å². The number of nitriles is 1. The van der Waals surface area contributed by atoms with E-state index in [0.717, 1.165) is 11.1 Å². The normalized spacial score (nSPS) is 11.0. The second-order valence-electron chi connectivity index (χ2n) is 8.39. The number of rotatable bonds is 14.